The second-order valence-electron chi connectivity index (χ2n) is 4.21. The number of nitrogens with zero attached hydrogens (tertiary/aromatic N) is 2. The summed E-state index contributed by atoms with van der Waals surface area (Å²) >= 11 is 7.46. The summed E-state index contributed by atoms with van der Waals surface area (Å²) < 4.78 is 0. The Morgan fingerprint density at radius 2 is 2.53 bits per heavy atom. The molecule has 2 nitrogen and oxygen atoms in total. The molecule has 2 rings (SSSR count). The molecule has 1 aromatic heterocycles. The third kappa shape index (κ3) is 2.92. The van der Waals surface area contributed by atoms with E-state index in [1.165, 1.54) is 30.2 Å². The molecular formula is C11H17ClN2S. The summed E-state index contributed by atoms with van der Waals surface area (Å²) in [4.78, 5) is 7.07. The van der Waals surface area contributed by atoms with Crippen molar-refractivity contribution < 1.29 is 0 Å². The zero-order chi connectivity index (χ0) is 10.7. The summed E-state index contributed by atoms with van der Waals surface area (Å²) in [6.45, 7) is 2.37. The molecule has 15 heavy (non-hydrogen) atoms. The summed E-state index contributed by atoms with van der Waals surface area (Å²) in [6.07, 6.45) is 3.34. The van der Waals surface area contributed by atoms with Crippen molar-refractivity contribution in [2.24, 2.45) is 0 Å². The fraction of sp³-hybridized carbons (Fsp3) is 0.727. The Kier molecular flexibility index (Phi) is 4.00. The maximum atomic E-state index is 5.67. The molecule has 0 N–H and O–H groups in total. The number of aryl methyl sites for hydroxylation is 1. The molecule has 1 aromatic rings. The van der Waals surface area contributed by atoms with Crippen molar-refractivity contribution in [3.8, 4) is 0 Å². The van der Waals surface area contributed by atoms with Crippen LogP contribution < -0.4 is 0 Å². The SMILES string of the molecule is CN1CCC(c2csc(CCCCl)n2)C1. The predicted molar refractivity (Wildman–Crippen MR) is 66.0 cm³/mol. The first-order valence-corrected chi connectivity index (χ1v) is 6.90. The van der Waals surface area contributed by atoms with Crippen LogP contribution in [0.5, 0.6) is 0 Å². The van der Waals surface area contributed by atoms with Crippen LogP contribution in [0.15, 0.2) is 5.38 Å². The van der Waals surface area contributed by atoms with E-state index >= 15 is 0 Å². The fourth-order valence-corrected chi connectivity index (χ4v) is 3.08. The number of hydrogen-bond donors (Lipinski definition) is 0. The van der Waals surface area contributed by atoms with Crippen LogP contribution in [-0.2, 0) is 6.42 Å². The van der Waals surface area contributed by atoms with Gasteiger partial charge in [-0.3, -0.25) is 0 Å². The summed E-state index contributed by atoms with van der Waals surface area (Å²) in [7, 11) is 2.18. The second-order valence-corrected chi connectivity index (χ2v) is 5.53. The van der Waals surface area contributed by atoms with Crippen LogP contribution in [0.25, 0.3) is 0 Å². The second kappa shape index (κ2) is 5.28. The number of alkyl halides is 1. The fourth-order valence-electron chi connectivity index (χ4n) is 2.02. The maximum absolute atomic E-state index is 5.67. The molecule has 4 heteroatoms. The first kappa shape index (κ1) is 11.4. The highest BCUT2D eigenvalue weighted by molar-refractivity contribution is 7.09. The first-order chi connectivity index (χ1) is 7.29. The van der Waals surface area contributed by atoms with Gasteiger partial charge in [0.25, 0.3) is 0 Å². The molecule has 1 aliphatic heterocycles. The zero-order valence-corrected chi connectivity index (χ0v) is 10.7. The third-order valence-electron chi connectivity index (χ3n) is 2.90. The largest absolute Gasteiger partial charge is 0.306 e. The first-order valence-electron chi connectivity index (χ1n) is 5.48. The van der Waals surface area contributed by atoms with E-state index in [-0.39, 0.29) is 0 Å². The number of rotatable bonds is 4. The van der Waals surface area contributed by atoms with Gasteiger partial charge in [0.15, 0.2) is 0 Å². The van der Waals surface area contributed by atoms with E-state index in [0.717, 1.165) is 18.7 Å². The topological polar surface area (TPSA) is 16.1 Å². The van der Waals surface area contributed by atoms with E-state index in [0.29, 0.717) is 5.92 Å². The molecule has 0 radical (unpaired) electrons. The zero-order valence-electron chi connectivity index (χ0n) is 9.08. The molecule has 0 spiro atoms. The van der Waals surface area contributed by atoms with Gasteiger partial charge in [-0.2, -0.15) is 0 Å². The molecule has 0 aliphatic carbocycles. The molecule has 0 bridgehead atoms. The van der Waals surface area contributed by atoms with Crippen LogP contribution in [0.4, 0.5) is 0 Å². The lowest BCUT2D eigenvalue weighted by Crippen LogP contribution is -2.13. The Morgan fingerprint density at radius 1 is 1.67 bits per heavy atom. The van der Waals surface area contributed by atoms with Crippen molar-refractivity contribution in [3.63, 3.8) is 0 Å². The normalized spacial score (nSPS) is 22.4. The van der Waals surface area contributed by atoms with Crippen LogP contribution >= 0.6 is 22.9 Å². The molecule has 2 heterocycles. The van der Waals surface area contributed by atoms with Gasteiger partial charge >= 0.3 is 0 Å². The van der Waals surface area contributed by atoms with Crippen LogP contribution in [-0.4, -0.2) is 35.9 Å². The van der Waals surface area contributed by atoms with E-state index in [9.17, 15) is 0 Å². The average Bonchev–Trinajstić information content (AvgIpc) is 2.83. The average molecular weight is 245 g/mol. The van der Waals surface area contributed by atoms with Crippen LogP contribution in [0.2, 0.25) is 0 Å². The van der Waals surface area contributed by atoms with Gasteiger partial charge in [0.1, 0.15) is 0 Å². The number of aromatic nitrogens is 1. The lowest BCUT2D eigenvalue weighted by atomic mass is 10.1. The lowest BCUT2D eigenvalue weighted by molar-refractivity contribution is 0.411. The van der Waals surface area contributed by atoms with Crippen molar-refractivity contribution >= 4 is 22.9 Å². The van der Waals surface area contributed by atoms with Crippen molar-refractivity contribution in [3.05, 3.63) is 16.1 Å². The Balaban J connectivity index is 1.94. The summed E-state index contributed by atoms with van der Waals surface area (Å²) in [5, 5.41) is 3.48. The van der Waals surface area contributed by atoms with Crippen molar-refractivity contribution in [1.29, 1.82) is 0 Å². The lowest BCUT2D eigenvalue weighted by Gasteiger charge is -2.06. The molecule has 1 fully saturated rings. The summed E-state index contributed by atoms with van der Waals surface area (Å²) in [6, 6.07) is 0. The van der Waals surface area contributed by atoms with Gasteiger partial charge < -0.3 is 4.90 Å². The Bertz CT molecular complexity index is 313. The highest BCUT2D eigenvalue weighted by Gasteiger charge is 2.22. The standard InChI is InChI=1S/C11H17ClN2S/c1-14-6-4-9(7-14)10-8-15-11(13-10)3-2-5-12/h8-9H,2-7H2,1H3. The number of hydrogen-bond acceptors (Lipinski definition) is 3. The van der Waals surface area contributed by atoms with E-state index in [2.05, 4.69) is 17.3 Å². The summed E-state index contributed by atoms with van der Waals surface area (Å²) in [5.41, 5.74) is 1.30. The predicted octanol–water partition coefficient (Wildman–Crippen LogP) is 2.73. The van der Waals surface area contributed by atoms with Crippen LogP contribution in [0, 0.1) is 0 Å². The molecule has 84 valence electrons. The number of thiazole rings is 1. The highest BCUT2D eigenvalue weighted by atomic mass is 35.5. The highest BCUT2D eigenvalue weighted by Crippen LogP contribution is 2.27. The monoisotopic (exact) mass is 244 g/mol. The Morgan fingerprint density at radius 3 is 3.20 bits per heavy atom. The van der Waals surface area contributed by atoms with Gasteiger partial charge in [0.05, 0.1) is 10.7 Å². The molecule has 1 unspecified atom stereocenters. The minimum absolute atomic E-state index is 0.663. The quantitative estimate of drug-likeness (QED) is 0.758. The van der Waals surface area contributed by atoms with Gasteiger partial charge in [-0.25, -0.2) is 4.98 Å². The minimum Gasteiger partial charge on any atom is -0.306 e. The molecule has 0 aromatic carbocycles. The molecular weight excluding hydrogens is 228 g/mol. The van der Waals surface area contributed by atoms with Gasteiger partial charge in [0.2, 0.25) is 0 Å². The molecule has 0 saturated carbocycles. The van der Waals surface area contributed by atoms with Gasteiger partial charge in [-0.15, -0.1) is 22.9 Å². The van der Waals surface area contributed by atoms with Gasteiger partial charge in [-0.1, -0.05) is 0 Å². The minimum atomic E-state index is 0.663. The van der Waals surface area contributed by atoms with Crippen LogP contribution in [0.3, 0.4) is 0 Å². The number of likely N-dealkylation sites (tertiary alicyclic amines) is 1. The van der Waals surface area contributed by atoms with Crippen molar-refractivity contribution in [2.75, 3.05) is 26.0 Å². The summed E-state index contributed by atoms with van der Waals surface area (Å²) in [5.74, 6) is 1.40. The van der Waals surface area contributed by atoms with E-state index < -0.39 is 0 Å². The molecule has 1 aliphatic rings. The molecule has 1 atom stereocenters. The van der Waals surface area contributed by atoms with Crippen molar-refractivity contribution in [2.45, 2.75) is 25.2 Å². The van der Waals surface area contributed by atoms with Gasteiger partial charge in [0, 0.05) is 30.1 Å². The number of halogens is 1. The van der Waals surface area contributed by atoms with Crippen molar-refractivity contribution in [1.82, 2.24) is 9.88 Å². The van der Waals surface area contributed by atoms with Crippen LogP contribution in [0.1, 0.15) is 29.5 Å². The van der Waals surface area contributed by atoms with E-state index in [4.69, 9.17) is 16.6 Å². The maximum Gasteiger partial charge on any atom is 0.0928 e. The van der Waals surface area contributed by atoms with E-state index in [1.54, 1.807) is 11.3 Å². The van der Waals surface area contributed by atoms with Gasteiger partial charge in [-0.05, 0) is 26.4 Å². The molecule has 0 amide bonds. The third-order valence-corrected chi connectivity index (χ3v) is 4.10. The number of likely N-dealkylation sites (N-methyl/N-ethyl adjacent to an activating group) is 1. The smallest absolute Gasteiger partial charge is 0.0928 e. The van der Waals surface area contributed by atoms with E-state index in [1.807, 2.05) is 0 Å². The Labute approximate surface area is 100 Å². The Hall–Kier alpha value is -0.120. The molecule has 1 saturated heterocycles.